The van der Waals surface area contributed by atoms with Gasteiger partial charge in [-0.3, -0.25) is 4.79 Å². The quantitative estimate of drug-likeness (QED) is 0.795. The standard InChI is InChI=1S/C13H16N2O2S/c14-12(18)10-4-2-6-15(8-10)13(17)9-3-1-5-11(16)7-9/h1,3,5,7,10,16H,2,4,6,8H2,(H2,14,18). The van der Waals surface area contributed by atoms with Crippen LogP contribution in [0.15, 0.2) is 24.3 Å². The van der Waals surface area contributed by atoms with E-state index in [2.05, 4.69) is 0 Å². The van der Waals surface area contributed by atoms with Gasteiger partial charge in [0.1, 0.15) is 5.75 Å². The molecule has 0 bridgehead atoms. The van der Waals surface area contributed by atoms with E-state index in [0.717, 1.165) is 12.8 Å². The number of likely N-dealkylation sites (tertiary alicyclic amines) is 1. The summed E-state index contributed by atoms with van der Waals surface area (Å²) < 4.78 is 0. The van der Waals surface area contributed by atoms with Gasteiger partial charge >= 0.3 is 0 Å². The summed E-state index contributed by atoms with van der Waals surface area (Å²) in [6.07, 6.45) is 1.85. The maximum atomic E-state index is 12.3. The Morgan fingerprint density at radius 1 is 1.50 bits per heavy atom. The van der Waals surface area contributed by atoms with Crippen LogP contribution >= 0.6 is 12.2 Å². The second kappa shape index (κ2) is 5.35. The highest BCUT2D eigenvalue weighted by molar-refractivity contribution is 7.80. The predicted octanol–water partition coefficient (Wildman–Crippen LogP) is 1.53. The number of aromatic hydroxyl groups is 1. The number of carbonyl (C=O) groups is 1. The molecule has 1 atom stereocenters. The van der Waals surface area contributed by atoms with Crippen LogP contribution in [-0.4, -0.2) is 34.0 Å². The molecule has 0 aliphatic carbocycles. The van der Waals surface area contributed by atoms with Gasteiger partial charge in [-0.15, -0.1) is 0 Å². The summed E-state index contributed by atoms with van der Waals surface area (Å²) in [7, 11) is 0. The number of nitrogens with zero attached hydrogens (tertiary/aromatic N) is 1. The minimum Gasteiger partial charge on any atom is -0.508 e. The molecular formula is C13H16N2O2S. The largest absolute Gasteiger partial charge is 0.508 e. The van der Waals surface area contributed by atoms with Gasteiger partial charge in [0, 0.05) is 24.6 Å². The van der Waals surface area contributed by atoms with E-state index < -0.39 is 0 Å². The number of benzene rings is 1. The molecule has 5 heteroatoms. The fourth-order valence-corrected chi connectivity index (χ4v) is 2.41. The first-order chi connectivity index (χ1) is 8.58. The van der Waals surface area contributed by atoms with Gasteiger partial charge in [-0.25, -0.2) is 0 Å². The van der Waals surface area contributed by atoms with Gasteiger partial charge < -0.3 is 15.7 Å². The Bertz CT molecular complexity index is 476. The van der Waals surface area contributed by atoms with E-state index in [4.69, 9.17) is 18.0 Å². The van der Waals surface area contributed by atoms with Crippen LogP contribution in [-0.2, 0) is 0 Å². The van der Waals surface area contributed by atoms with Gasteiger partial charge in [0.25, 0.3) is 5.91 Å². The summed E-state index contributed by atoms with van der Waals surface area (Å²) in [5, 5.41) is 9.39. The Hall–Kier alpha value is -1.62. The zero-order valence-electron chi connectivity index (χ0n) is 10.0. The highest BCUT2D eigenvalue weighted by Crippen LogP contribution is 2.20. The van der Waals surface area contributed by atoms with Gasteiger partial charge in [0.2, 0.25) is 0 Å². The van der Waals surface area contributed by atoms with E-state index in [1.165, 1.54) is 6.07 Å². The molecule has 1 aliphatic heterocycles. The average Bonchev–Trinajstić information content (AvgIpc) is 2.38. The monoisotopic (exact) mass is 264 g/mol. The van der Waals surface area contributed by atoms with Crippen LogP contribution in [0.2, 0.25) is 0 Å². The number of phenolic OH excluding ortho intramolecular Hbond substituents is 1. The summed E-state index contributed by atoms with van der Waals surface area (Å²) in [5.41, 5.74) is 6.14. The highest BCUT2D eigenvalue weighted by Gasteiger charge is 2.25. The average molecular weight is 264 g/mol. The second-order valence-electron chi connectivity index (χ2n) is 4.54. The topological polar surface area (TPSA) is 66.6 Å². The minimum atomic E-state index is -0.0770. The van der Waals surface area contributed by atoms with E-state index in [0.29, 0.717) is 23.6 Å². The van der Waals surface area contributed by atoms with Crippen molar-refractivity contribution in [2.24, 2.45) is 11.7 Å². The molecule has 0 spiro atoms. The Morgan fingerprint density at radius 3 is 2.94 bits per heavy atom. The lowest BCUT2D eigenvalue weighted by Gasteiger charge is -2.32. The molecule has 3 N–H and O–H groups in total. The number of phenols is 1. The number of hydrogen-bond donors (Lipinski definition) is 2. The van der Waals surface area contributed by atoms with Crippen molar-refractivity contribution in [3.63, 3.8) is 0 Å². The normalized spacial score (nSPS) is 19.6. The number of rotatable bonds is 2. The smallest absolute Gasteiger partial charge is 0.254 e. The van der Waals surface area contributed by atoms with Crippen molar-refractivity contribution in [1.82, 2.24) is 4.90 Å². The molecule has 1 aromatic rings. The second-order valence-corrected chi connectivity index (χ2v) is 5.01. The lowest BCUT2D eigenvalue weighted by Crippen LogP contribution is -2.43. The molecule has 1 fully saturated rings. The van der Waals surface area contributed by atoms with Crippen LogP contribution in [0.5, 0.6) is 5.75 Å². The third kappa shape index (κ3) is 2.79. The molecule has 18 heavy (non-hydrogen) atoms. The van der Waals surface area contributed by atoms with Crippen molar-refractivity contribution in [2.75, 3.05) is 13.1 Å². The molecule has 4 nitrogen and oxygen atoms in total. The molecule has 1 unspecified atom stereocenters. The Morgan fingerprint density at radius 2 is 2.28 bits per heavy atom. The third-order valence-corrected chi connectivity index (χ3v) is 3.54. The molecule has 0 aromatic heterocycles. The maximum Gasteiger partial charge on any atom is 0.254 e. The van der Waals surface area contributed by atoms with Crippen molar-refractivity contribution < 1.29 is 9.90 Å². The maximum absolute atomic E-state index is 12.3. The molecule has 0 radical (unpaired) electrons. The lowest BCUT2D eigenvalue weighted by atomic mass is 9.97. The predicted molar refractivity (Wildman–Crippen MR) is 73.5 cm³/mol. The van der Waals surface area contributed by atoms with Crippen molar-refractivity contribution in [1.29, 1.82) is 0 Å². The van der Waals surface area contributed by atoms with Crippen LogP contribution in [0.25, 0.3) is 0 Å². The summed E-state index contributed by atoms with van der Waals surface area (Å²) in [6.45, 7) is 1.29. The van der Waals surface area contributed by atoms with Gasteiger partial charge in [-0.2, -0.15) is 0 Å². The molecule has 0 saturated carbocycles. The van der Waals surface area contributed by atoms with Gasteiger partial charge in [-0.1, -0.05) is 18.3 Å². The number of amides is 1. The molecule has 1 heterocycles. The molecular weight excluding hydrogens is 248 g/mol. The van der Waals surface area contributed by atoms with Gasteiger partial charge in [0.05, 0.1) is 4.99 Å². The van der Waals surface area contributed by atoms with E-state index in [-0.39, 0.29) is 17.6 Å². The number of thiocarbonyl (C=S) groups is 1. The fourth-order valence-electron chi connectivity index (χ4n) is 2.22. The third-order valence-electron chi connectivity index (χ3n) is 3.20. The van der Waals surface area contributed by atoms with E-state index in [9.17, 15) is 9.90 Å². The molecule has 1 aromatic carbocycles. The lowest BCUT2D eigenvalue weighted by molar-refractivity contribution is 0.0703. The van der Waals surface area contributed by atoms with Crippen LogP contribution in [0.3, 0.4) is 0 Å². The van der Waals surface area contributed by atoms with Crippen molar-refractivity contribution in [3.8, 4) is 5.75 Å². The summed E-state index contributed by atoms with van der Waals surface area (Å²) in [4.78, 5) is 14.5. The van der Waals surface area contributed by atoms with Crippen LogP contribution in [0.1, 0.15) is 23.2 Å². The van der Waals surface area contributed by atoms with Crippen LogP contribution < -0.4 is 5.73 Å². The molecule has 2 rings (SSSR count). The number of nitrogens with two attached hydrogens (primary N) is 1. The van der Waals surface area contributed by atoms with E-state index in [1.54, 1.807) is 23.1 Å². The Kier molecular flexibility index (Phi) is 3.81. The number of hydrogen-bond acceptors (Lipinski definition) is 3. The molecule has 96 valence electrons. The van der Waals surface area contributed by atoms with Crippen molar-refractivity contribution in [3.05, 3.63) is 29.8 Å². The first kappa shape index (κ1) is 12.8. The first-order valence-electron chi connectivity index (χ1n) is 5.95. The first-order valence-corrected chi connectivity index (χ1v) is 6.36. The van der Waals surface area contributed by atoms with Gasteiger partial charge in [0.15, 0.2) is 0 Å². The van der Waals surface area contributed by atoms with Crippen LogP contribution in [0, 0.1) is 5.92 Å². The molecule has 1 saturated heterocycles. The fraction of sp³-hybridized carbons (Fsp3) is 0.385. The van der Waals surface area contributed by atoms with Gasteiger partial charge in [-0.05, 0) is 31.0 Å². The van der Waals surface area contributed by atoms with E-state index in [1.807, 2.05) is 0 Å². The van der Waals surface area contributed by atoms with Crippen LogP contribution in [0.4, 0.5) is 0 Å². The Labute approximate surface area is 111 Å². The molecule has 1 amide bonds. The van der Waals surface area contributed by atoms with Crippen molar-refractivity contribution >= 4 is 23.1 Å². The number of carbonyl (C=O) groups excluding carboxylic acids is 1. The summed E-state index contributed by atoms with van der Waals surface area (Å²) >= 11 is 4.99. The van der Waals surface area contributed by atoms with E-state index >= 15 is 0 Å². The minimum absolute atomic E-state index is 0.0770. The zero-order chi connectivity index (χ0) is 13.1. The molecule has 1 aliphatic rings. The highest BCUT2D eigenvalue weighted by atomic mass is 32.1. The number of piperidine rings is 1. The summed E-state index contributed by atoms with van der Waals surface area (Å²) in [6, 6.07) is 6.39. The SMILES string of the molecule is NC(=S)C1CCCN(C(=O)c2cccc(O)c2)C1. The zero-order valence-corrected chi connectivity index (χ0v) is 10.8. The summed E-state index contributed by atoms with van der Waals surface area (Å²) in [5.74, 6) is 0.130. The Balaban J connectivity index is 2.11. The van der Waals surface area contributed by atoms with Crippen molar-refractivity contribution in [2.45, 2.75) is 12.8 Å².